The molecule has 0 radical (unpaired) electrons. The van der Waals surface area contributed by atoms with Crippen LogP contribution in [0.2, 0.25) is 0 Å². The Balaban J connectivity index is 2.05. The van der Waals surface area contributed by atoms with E-state index in [1.165, 1.54) is 0 Å². The zero-order valence-corrected chi connectivity index (χ0v) is 10.3. The molecule has 0 atom stereocenters. The molecule has 0 bridgehead atoms. The van der Waals surface area contributed by atoms with Gasteiger partial charge in [0.05, 0.1) is 5.71 Å². The van der Waals surface area contributed by atoms with E-state index in [1.54, 1.807) is 6.07 Å². The number of carbonyl (C=O) groups excluding carboxylic acids is 1. The number of aryl methyl sites for hydroxylation is 1. The van der Waals surface area contributed by atoms with Crippen molar-refractivity contribution >= 4 is 11.6 Å². The van der Waals surface area contributed by atoms with Gasteiger partial charge in [0, 0.05) is 5.69 Å². The minimum Gasteiger partial charge on any atom is -0.282 e. The third-order valence-corrected chi connectivity index (χ3v) is 2.46. The van der Waals surface area contributed by atoms with Gasteiger partial charge in [-0.25, -0.2) is 5.43 Å². The quantitative estimate of drug-likeness (QED) is 0.637. The van der Waals surface area contributed by atoms with Crippen molar-refractivity contribution in [2.45, 2.75) is 13.8 Å². The lowest BCUT2D eigenvalue weighted by Crippen LogP contribution is -2.19. The van der Waals surface area contributed by atoms with E-state index in [0.29, 0.717) is 5.69 Å². The summed E-state index contributed by atoms with van der Waals surface area (Å²) < 4.78 is 0. The van der Waals surface area contributed by atoms with Gasteiger partial charge in [-0.05, 0) is 25.5 Å². The molecule has 0 aliphatic carbocycles. The third kappa shape index (κ3) is 2.82. The van der Waals surface area contributed by atoms with Gasteiger partial charge >= 0.3 is 0 Å². The van der Waals surface area contributed by atoms with E-state index in [4.69, 9.17) is 0 Å². The fourth-order valence-electron chi connectivity index (χ4n) is 1.47. The lowest BCUT2D eigenvalue weighted by molar-refractivity contribution is 0.0950. The molecule has 2 N–H and O–H groups in total. The molecule has 0 spiro atoms. The summed E-state index contributed by atoms with van der Waals surface area (Å²) in [6.45, 7) is 3.67. The molecule has 5 heteroatoms. The number of aromatic amines is 1. The normalized spacial score (nSPS) is 11.3. The van der Waals surface area contributed by atoms with Gasteiger partial charge in [-0.1, -0.05) is 30.3 Å². The molecule has 0 aliphatic heterocycles. The highest BCUT2D eigenvalue weighted by Gasteiger charge is 2.08. The van der Waals surface area contributed by atoms with Gasteiger partial charge in [-0.3, -0.25) is 9.89 Å². The summed E-state index contributed by atoms with van der Waals surface area (Å²) in [5.74, 6) is -0.324. The number of amides is 1. The summed E-state index contributed by atoms with van der Waals surface area (Å²) in [5.41, 5.74) is 5.36. The number of hydrazone groups is 1. The fourth-order valence-corrected chi connectivity index (χ4v) is 1.47. The Labute approximate surface area is 105 Å². The van der Waals surface area contributed by atoms with E-state index in [9.17, 15) is 4.79 Å². The number of hydrogen-bond donors (Lipinski definition) is 2. The van der Waals surface area contributed by atoms with Gasteiger partial charge in [0.25, 0.3) is 5.91 Å². The lowest BCUT2D eigenvalue weighted by Gasteiger charge is -2.00. The molecule has 0 aliphatic rings. The second-order valence-corrected chi connectivity index (χ2v) is 3.94. The van der Waals surface area contributed by atoms with Crippen LogP contribution in [0.1, 0.15) is 28.7 Å². The Kier molecular flexibility index (Phi) is 3.52. The Morgan fingerprint density at radius 2 is 2.06 bits per heavy atom. The molecular weight excluding hydrogens is 228 g/mol. The minimum absolute atomic E-state index is 0.324. The summed E-state index contributed by atoms with van der Waals surface area (Å²) in [4.78, 5) is 11.7. The van der Waals surface area contributed by atoms with Crippen LogP contribution in [-0.2, 0) is 0 Å². The van der Waals surface area contributed by atoms with Crippen LogP contribution in [0.4, 0.5) is 0 Å². The van der Waals surface area contributed by atoms with Gasteiger partial charge in [0.2, 0.25) is 0 Å². The molecule has 0 saturated heterocycles. The summed E-state index contributed by atoms with van der Waals surface area (Å²) in [6.07, 6.45) is 0. The van der Waals surface area contributed by atoms with E-state index in [-0.39, 0.29) is 5.91 Å². The molecule has 2 rings (SSSR count). The summed E-state index contributed by atoms with van der Waals surface area (Å²) >= 11 is 0. The van der Waals surface area contributed by atoms with Crippen LogP contribution in [0, 0.1) is 6.92 Å². The number of nitrogens with zero attached hydrogens (tertiary/aromatic N) is 2. The van der Waals surface area contributed by atoms with Gasteiger partial charge in [0.1, 0.15) is 0 Å². The van der Waals surface area contributed by atoms with Crippen LogP contribution in [-0.4, -0.2) is 21.8 Å². The maximum Gasteiger partial charge on any atom is 0.291 e. The van der Waals surface area contributed by atoms with Crippen LogP contribution in [0.15, 0.2) is 41.5 Å². The molecule has 1 aromatic heterocycles. The number of benzene rings is 1. The molecule has 92 valence electrons. The highest BCUT2D eigenvalue weighted by molar-refractivity contribution is 6.00. The molecule has 18 heavy (non-hydrogen) atoms. The molecule has 0 saturated carbocycles. The van der Waals surface area contributed by atoms with Gasteiger partial charge in [-0.15, -0.1) is 0 Å². The monoisotopic (exact) mass is 242 g/mol. The summed E-state index contributed by atoms with van der Waals surface area (Å²) in [6, 6.07) is 11.3. The number of H-pyrrole nitrogens is 1. The molecule has 2 aromatic rings. The molecule has 1 amide bonds. The van der Waals surface area contributed by atoms with Crippen LogP contribution < -0.4 is 5.43 Å². The molecule has 0 fully saturated rings. The van der Waals surface area contributed by atoms with Crippen molar-refractivity contribution in [2.24, 2.45) is 5.10 Å². The number of aromatic nitrogens is 2. The highest BCUT2D eigenvalue weighted by atomic mass is 16.2. The Bertz CT molecular complexity index is 572. The lowest BCUT2D eigenvalue weighted by atomic mass is 10.1. The Morgan fingerprint density at radius 1 is 1.33 bits per heavy atom. The number of carbonyl (C=O) groups is 1. The van der Waals surface area contributed by atoms with Crippen molar-refractivity contribution in [2.75, 3.05) is 0 Å². The second-order valence-electron chi connectivity index (χ2n) is 3.94. The first-order valence-corrected chi connectivity index (χ1v) is 5.59. The molecule has 0 unspecified atom stereocenters. The molecule has 1 heterocycles. The van der Waals surface area contributed by atoms with Crippen molar-refractivity contribution in [1.29, 1.82) is 0 Å². The Morgan fingerprint density at radius 3 is 2.67 bits per heavy atom. The van der Waals surface area contributed by atoms with Crippen molar-refractivity contribution in [3.05, 3.63) is 53.3 Å². The average Bonchev–Trinajstić information content (AvgIpc) is 2.83. The van der Waals surface area contributed by atoms with Gasteiger partial charge < -0.3 is 0 Å². The van der Waals surface area contributed by atoms with Gasteiger partial charge in [-0.2, -0.15) is 10.2 Å². The third-order valence-electron chi connectivity index (χ3n) is 2.46. The topological polar surface area (TPSA) is 70.1 Å². The first-order chi connectivity index (χ1) is 8.66. The molecular formula is C13H14N4O. The second kappa shape index (κ2) is 5.27. The van der Waals surface area contributed by atoms with Crippen LogP contribution >= 0.6 is 0 Å². The van der Waals surface area contributed by atoms with E-state index >= 15 is 0 Å². The Hall–Kier alpha value is -2.43. The standard InChI is InChI=1S/C13H14N4O/c1-9-8-12(16-14-9)13(18)17-15-10(2)11-6-4-3-5-7-11/h3-8H,1-2H3,(H,14,16)(H,17,18)/b15-10+. The SMILES string of the molecule is C/C(=N\NC(=O)c1cc(C)[nH]n1)c1ccccc1. The number of hydrogen-bond acceptors (Lipinski definition) is 3. The number of nitrogens with one attached hydrogen (secondary N) is 2. The molecule has 1 aromatic carbocycles. The highest BCUT2D eigenvalue weighted by Crippen LogP contribution is 2.01. The van der Waals surface area contributed by atoms with E-state index in [2.05, 4.69) is 20.7 Å². The maximum atomic E-state index is 11.7. The van der Waals surface area contributed by atoms with Gasteiger partial charge in [0.15, 0.2) is 5.69 Å². The minimum atomic E-state index is -0.324. The summed E-state index contributed by atoms with van der Waals surface area (Å²) in [5, 5.41) is 10.6. The van der Waals surface area contributed by atoms with E-state index < -0.39 is 0 Å². The smallest absolute Gasteiger partial charge is 0.282 e. The first-order valence-electron chi connectivity index (χ1n) is 5.59. The van der Waals surface area contributed by atoms with Crippen LogP contribution in [0.5, 0.6) is 0 Å². The van der Waals surface area contributed by atoms with E-state index in [1.807, 2.05) is 44.2 Å². The maximum absolute atomic E-state index is 11.7. The predicted molar refractivity (Wildman–Crippen MR) is 69.4 cm³/mol. The van der Waals surface area contributed by atoms with Crippen molar-refractivity contribution < 1.29 is 4.79 Å². The zero-order valence-electron chi connectivity index (χ0n) is 10.3. The predicted octanol–water partition coefficient (Wildman–Crippen LogP) is 1.87. The number of rotatable bonds is 3. The van der Waals surface area contributed by atoms with E-state index in [0.717, 1.165) is 17.0 Å². The average molecular weight is 242 g/mol. The van der Waals surface area contributed by atoms with Crippen LogP contribution in [0.3, 0.4) is 0 Å². The summed E-state index contributed by atoms with van der Waals surface area (Å²) in [7, 11) is 0. The fraction of sp³-hybridized carbons (Fsp3) is 0.154. The molecule has 5 nitrogen and oxygen atoms in total. The zero-order chi connectivity index (χ0) is 13.0. The van der Waals surface area contributed by atoms with Crippen LogP contribution in [0.25, 0.3) is 0 Å². The van der Waals surface area contributed by atoms with Crippen molar-refractivity contribution in [1.82, 2.24) is 15.6 Å². The first kappa shape index (κ1) is 12.0. The van der Waals surface area contributed by atoms with Crippen molar-refractivity contribution in [3.8, 4) is 0 Å². The largest absolute Gasteiger partial charge is 0.291 e. The van der Waals surface area contributed by atoms with Crippen molar-refractivity contribution in [3.63, 3.8) is 0 Å².